The summed E-state index contributed by atoms with van der Waals surface area (Å²) in [5, 5.41) is 10.8. The highest BCUT2D eigenvalue weighted by molar-refractivity contribution is 7.27. The zero-order chi connectivity index (χ0) is 33.8. The van der Waals surface area contributed by atoms with E-state index in [9.17, 15) is 0 Å². The van der Waals surface area contributed by atoms with Crippen molar-refractivity contribution in [2.24, 2.45) is 0 Å². The molecule has 0 radical (unpaired) electrons. The van der Waals surface area contributed by atoms with E-state index >= 15 is 0 Å². The van der Waals surface area contributed by atoms with E-state index in [-0.39, 0.29) is 0 Å². The summed E-state index contributed by atoms with van der Waals surface area (Å²) in [7, 11) is -2.85. The van der Waals surface area contributed by atoms with E-state index in [1.54, 1.807) is 0 Å². The first kappa shape index (κ1) is 29.9. The van der Waals surface area contributed by atoms with Crippen molar-refractivity contribution in [3.63, 3.8) is 0 Å². The zero-order valence-corrected chi connectivity index (χ0v) is 29.7. The Balaban J connectivity index is 1.27. The maximum absolute atomic E-state index is 2.85. The first-order valence-electron chi connectivity index (χ1n) is 17.5. The molecule has 8 aromatic carbocycles. The Bertz CT molecular complexity index is 2810. The van der Waals surface area contributed by atoms with Crippen molar-refractivity contribution < 1.29 is 0 Å². The molecule has 0 aliphatic heterocycles. The van der Waals surface area contributed by atoms with Crippen LogP contribution in [0.1, 0.15) is 0 Å². The molecule has 0 aliphatic rings. The van der Waals surface area contributed by atoms with Crippen LogP contribution in [0, 0.1) is 0 Å². The predicted octanol–water partition coefficient (Wildman–Crippen LogP) is 10.2. The Morgan fingerprint density at radius 2 is 0.941 bits per heavy atom. The van der Waals surface area contributed by atoms with Gasteiger partial charge in [0.25, 0.3) is 0 Å². The molecule has 0 spiro atoms. The van der Waals surface area contributed by atoms with Gasteiger partial charge in [0.05, 0.1) is 11.0 Å². The fourth-order valence-electron chi connectivity index (χ4n) is 8.37. The van der Waals surface area contributed by atoms with Crippen LogP contribution in [0.25, 0.3) is 58.8 Å². The van der Waals surface area contributed by atoms with Gasteiger partial charge in [0.2, 0.25) is 0 Å². The fraction of sp³-hybridized carbons (Fsp3) is 0. The minimum Gasteiger partial charge on any atom is -0.309 e. The van der Waals surface area contributed by atoms with Crippen LogP contribution in [0.5, 0.6) is 0 Å². The quantitative estimate of drug-likeness (QED) is 0.121. The van der Waals surface area contributed by atoms with Gasteiger partial charge in [-0.3, -0.25) is 0 Å². The molecule has 2 aromatic heterocycles. The molecule has 2 heterocycles. The second-order valence-corrected chi connectivity index (χ2v) is 18.1. The lowest BCUT2D eigenvalue weighted by atomic mass is 10.0. The Kier molecular flexibility index (Phi) is 7.09. The average molecular weight is 684 g/mol. The summed E-state index contributed by atoms with van der Waals surface area (Å²) in [5.41, 5.74) is 6.05. The lowest BCUT2D eigenvalue weighted by molar-refractivity contribution is 1.18. The van der Waals surface area contributed by atoms with Crippen molar-refractivity contribution >= 4 is 82.1 Å². The smallest absolute Gasteiger partial charge is 0.180 e. The van der Waals surface area contributed by atoms with E-state index in [2.05, 4.69) is 205 Å². The van der Waals surface area contributed by atoms with Crippen molar-refractivity contribution in [3.8, 4) is 16.8 Å². The first-order valence-corrected chi connectivity index (χ1v) is 20.3. The molecule has 0 saturated carbocycles. The highest BCUT2D eigenvalue weighted by Gasteiger charge is 2.43. The molecule has 0 aliphatic carbocycles. The van der Waals surface area contributed by atoms with E-state index in [1.807, 2.05) is 11.3 Å². The summed E-state index contributed by atoms with van der Waals surface area (Å²) in [6, 6.07) is 74.5. The number of benzene rings is 8. The third-order valence-electron chi connectivity index (χ3n) is 10.5. The van der Waals surface area contributed by atoms with Gasteiger partial charge in [-0.15, -0.1) is 11.3 Å². The molecule has 3 heteroatoms. The average Bonchev–Trinajstić information content (AvgIpc) is 3.75. The summed E-state index contributed by atoms with van der Waals surface area (Å²) < 4.78 is 5.08. The van der Waals surface area contributed by atoms with Gasteiger partial charge in [-0.2, -0.15) is 0 Å². The third-order valence-corrected chi connectivity index (χ3v) is 16.5. The van der Waals surface area contributed by atoms with E-state index in [0.717, 1.165) is 0 Å². The zero-order valence-electron chi connectivity index (χ0n) is 27.9. The van der Waals surface area contributed by atoms with Crippen molar-refractivity contribution in [2.45, 2.75) is 0 Å². The highest BCUT2D eigenvalue weighted by atomic mass is 32.1. The number of hydrogen-bond donors (Lipinski definition) is 0. The van der Waals surface area contributed by atoms with E-state index in [1.165, 1.54) is 79.5 Å². The normalized spacial score (nSPS) is 11.9. The maximum atomic E-state index is 2.50. The minimum absolute atomic E-state index is 1.17. The van der Waals surface area contributed by atoms with Crippen LogP contribution in [0.4, 0.5) is 0 Å². The summed E-state index contributed by atoms with van der Waals surface area (Å²) in [5.74, 6) is 0. The van der Waals surface area contributed by atoms with Crippen LogP contribution >= 0.6 is 11.3 Å². The molecular formula is C48H33NSSi. The van der Waals surface area contributed by atoms with E-state index in [4.69, 9.17) is 0 Å². The third kappa shape index (κ3) is 4.66. The van der Waals surface area contributed by atoms with Crippen LogP contribution < -0.4 is 20.7 Å². The van der Waals surface area contributed by atoms with Crippen molar-refractivity contribution in [1.29, 1.82) is 0 Å². The minimum atomic E-state index is -2.85. The molecule has 0 bridgehead atoms. The Morgan fingerprint density at radius 1 is 0.373 bits per heavy atom. The predicted molar refractivity (Wildman–Crippen MR) is 223 cm³/mol. The van der Waals surface area contributed by atoms with Gasteiger partial charge >= 0.3 is 0 Å². The summed E-state index contributed by atoms with van der Waals surface area (Å²) in [6.45, 7) is 0. The molecule has 0 unspecified atom stereocenters. The Labute approximate surface area is 302 Å². The number of nitrogens with zero attached hydrogens (tertiary/aromatic N) is 1. The van der Waals surface area contributed by atoms with Crippen LogP contribution in [-0.4, -0.2) is 12.6 Å². The molecule has 10 aromatic rings. The van der Waals surface area contributed by atoms with Gasteiger partial charge < -0.3 is 4.57 Å². The topological polar surface area (TPSA) is 4.93 Å². The summed E-state index contributed by atoms with van der Waals surface area (Å²) >= 11 is 1.90. The van der Waals surface area contributed by atoms with Crippen molar-refractivity contribution in [3.05, 3.63) is 200 Å². The van der Waals surface area contributed by atoms with Gasteiger partial charge in [0.1, 0.15) is 0 Å². The standard InChI is InChI=1S/C48H33NSSi/c1-4-17-36(18-5-1)49-43-26-12-10-24-40(43)41-31-30-35(33-44(41)49)34-16-14-23-39(32-34)51(37-19-6-2-7-20-37,38-21-8-3-9-22-38)47-29-15-28-46-48(47)42-25-11-13-27-45(42)50-46/h1-33H. The van der Waals surface area contributed by atoms with Gasteiger partial charge in [-0.25, -0.2) is 0 Å². The van der Waals surface area contributed by atoms with E-state index < -0.39 is 8.07 Å². The monoisotopic (exact) mass is 683 g/mol. The second kappa shape index (κ2) is 12.1. The molecular weight excluding hydrogens is 651 g/mol. The van der Waals surface area contributed by atoms with Crippen molar-refractivity contribution in [2.75, 3.05) is 0 Å². The van der Waals surface area contributed by atoms with E-state index in [0.29, 0.717) is 0 Å². The lowest BCUT2D eigenvalue weighted by Gasteiger charge is -2.35. The second-order valence-electron chi connectivity index (χ2n) is 13.3. The molecule has 1 nitrogen and oxygen atoms in total. The first-order chi connectivity index (χ1) is 25.3. The highest BCUT2D eigenvalue weighted by Crippen LogP contribution is 2.36. The van der Waals surface area contributed by atoms with Crippen LogP contribution in [0.15, 0.2) is 200 Å². The van der Waals surface area contributed by atoms with Crippen molar-refractivity contribution in [1.82, 2.24) is 4.57 Å². The fourth-order valence-corrected chi connectivity index (χ4v) is 14.6. The molecule has 0 atom stereocenters. The number of thiophene rings is 1. The summed E-state index contributed by atoms with van der Waals surface area (Å²) in [6.07, 6.45) is 0. The largest absolute Gasteiger partial charge is 0.309 e. The lowest BCUT2D eigenvalue weighted by Crippen LogP contribution is -2.74. The molecule has 0 fully saturated rings. The number of hydrogen-bond acceptors (Lipinski definition) is 1. The Morgan fingerprint density at radius 3 is 1.71 bits per heavy atom. The van der Waals surface area contributed by atoms with Gasteiger partial charge in [-0.05, 0) is 68.3 Å². The van der Waals surface area contributed by atoms with Gasteiger partial charge in [0.15, 0.2) is 8.07 Å². The van der Waals surface area contributed by atoms with Gasteiger partial charge in [-0.1, -0.05) is 164 Å². The van der Waals surface area contributed by atoms with Gasteiger partial charge in [0, 0.05) is 36.6 Å². The number of aromatic nitrogens is 1. The number of para-hydroxylation sites is 2. The number of fused-ring (bicyclic) bond motifs is 6. The molecule has 0 saturated heterocycles. The molecule has 240 valence electrons. The molecule has 0 amide bonds. The molecule has 10 rings (SSSR count). The van der Waals surface area contributed by atoms with Crippen LogP contribution in [0.2, 0.25) is 0 Å². The molecule has 0 N–H and O–H groups in total. The SMILES string of the molecule is c1ccc(-n2c3ccccc3c3ccc(-c4cccc([Si](c5ccccc5)(c5ccccc5)c5cccc6sc7ccccc7c56)c4)cc32)cc1. The maximum Gasteiger partial charge on any atom is 0.180 e. The summed E-state index contributed by atoms with van der Waals surface area (Å²) in [4.78, 5) is 0. The Hall–Kier alpha value is -6.00. The number of rotatable bonds is 6. The van der Waals surface area contributed by atoms with Crippen LogP contribution in [-0.2, 0) is 0 Å². The van der Waals surface area contributed by atoms with Crippen LogP contribution in [0.3, 0.4) is 0 Å². The molecule has 51 heavy (non-hydrogen) atoms.